The number of nitrogens with zero attached hydrogens (tertiary/aromatic N) is 1. The number of halogens is 3. The van der Waals surface area contributed by atoms with E-state index in [0.717, 1.165) is 6.92 Å². The summed E-state index contributed by atoms with van der Waals surface area (Å²) >= 11 is 0. The standard InChI is InChI=1S/C16H24F3NO4/c1-6-10(21)24-13-15(8-3,9-4)12(23)20(13)11(22)14(5,7-2)16(17,18)19/h13H,6-9H2,1-5H3. The van der Waals surface area contributed by atoms with Crippen LogP contribution in [-0.2, 0) is 19.1 Å². The van der Waals surface area contributed by atoms with E-state index in [1.165, 1.54) is 13.8 Å². The van der Waals surface area contributed by atoms with Gasteiger partial charge in [-0.3, -0.25) is 14.4 Å². The fourth-order valence-corrected chi connectivity index (χ4v) is 2.85. The molecule has 0 bridgehead atoms. The summed E-state index contributed by atoms with van der Waals surface area (Å²) < 4.78 is 45.2. The Morgan fingerprint density at radius 2 is 1.67 bits per heavy atom. The largest absolute Gasteiger partial charge is 0.440 e. The summed E-state index contributed by atoms with van der Waals surface area (Å²) in [6, 6.07) is 0. The molecule has 0 aromatic carbocycles. The van der Waals surface area contributed by atoms with E-state index >= 15 is 0 Å². The molecule has 0 radical (unpaired) electrons. The van der Waals surface area contributed by atoms with Gasteiger partial charge in [-0.1, -0.05) is 27.7 Å². The normalized spacial score (nSPS) is 22.6. The number of ether oxygens (including phenoxy) is 1. The van der Waals surface area contributed by atoms with Crippen LogP contribution in [-0.4, -0.2) is 35.1 Å². The van der Waals surface area contributed by atoms with Gasteiger partial charge in [0.15, 0.2) is 6.23 Å². The Hall–Kier alpha value is -1.60. The van der Waals surface area contributed by atoms with Crippen molar-refractivity contribution < 1.29 is 32.3 Å². The fourth-order valence-electron chi connectivity index (χ4n) is 2.85. The first kappa shape index (κ1) is 20.4. The molecule has 1 heterocycles. The van der Waals surface area contributed by atoms with E-state index in [2.05, 4.69) is 0 Å². The van der Waals surface area contributed by atoms with Crippen LogP contribution in [0.4, 0.5) is 13.2 Å². The average Bonchev–Trinajstić information content (AvgIpc) is 2.53. The first-order chi connectivity index (χ1) is 11.0. The van der Waals surface area contributed by atoms with Gasteiger partial charge in [-0.05, 0) is 26.2 Å². The van der Waals surface area contributed by atoms with Crippen LogP contribution in [0.5, 0.6) is 0 Å². The summed E-state index contributed by atoms with van der Waals surface area (Å²) in [5, 5.41) is 0. The number of likely N-dealkylation sites (tertiary alicyclic amines) is 1. The van der Waals surface area contributed by atoms with Gasteiger partial charge in [-0.2, -0.15) is 13.2 Å². The molecule has 24 heavy (non-hydrogen) atoms. The number of carbonyl (C=O) groups excluding carboxylic acids is 3. The van der Waals surface area contributed by atoms with Gasteiger partial charge in [0, 0.05) is 6.42 Å². The smallest absolute Gasteiger partial charge is 0.402 e. The maximum Gasteiger partial charge on any atom is 0.402 e. The SMILES string of the molecule is CCC(=O)OC1N(C(=O)C(C)(CC)C(F)(F)F)C(=O)C1(CC)CC. The van der Waals surface area contributed by atoms with Crippen LogP contribution in [0.2, 0.25) is 0 Å². The van der Waals surface area contributed by atoms with E-state index in [-0.39, 0.29) is 19.3 Å². The Labute approximate surface area is 139 Å². The zero-order chi connectivity index (χ0) is 18.9. The van der Waals surface area contributed by atoms with E-state index < -0.39 is 47.4 Å². The van der Waals surface area contributed by atoms with Gasteiger partial charge < -0.3 is 4.74 Å². The number of imide groups is 1. The first-order valence-electron chi connectivity index (χ1n) is 8.11. The van der Waals surface area contributed by atoms with Crippen LogP contribution in [0.3, 0.4) is 0 Å². The second-order valence-electron chi connectivity index (χ2n) is 6.22. The zero-order valence-corrected chi connectivity index (χ0v) is 14.6. The predicted molar refractivity (Wildman–Crippen MR) is 79.5 cm³/mol. The number of amides is 2. The lowest BCUT2D eigenvalue weighted by molar-refractivity contribution is -0.247. The van der Waals surface area contributed by atoms with Crippen molar-refractivity contribution in [2.45, 2.75) is 72.7 Å². The van der Waals surface area contributed by atoms with Gasteiger partial charge in [0.2, 0.25) is 11.8 Å². The van der Waals surface area contributed by atoms with Crippen LogP contribution in [0.25, 0.3) is 0 Å². The highest BCUT2D eigenvalue weighted by Gasteiger charge is 2.68. The highest BCUT2D eigenvalue weighted by atomic mass is 19.4. The minimum atomic E-state index is -4.81. The molecule has 1 saturated heterocycles. The molecular weight excluding hydrogens is 327 g/mol. The second-order valence-corrected chi connectivity index (χ2v) is 6.22. The van der Waals surface area contributed by atoms with Gasteiger partial charge in [-0.15, -0.1) is 0 Å². The highest BCUT2D eigenvalue weighted by Crippen LogP contribution is 2.50. The third-order valence-electron chi connectivity index (χ3n) is 5.17. The number of alkyl halides is 3. The Morgan fingerprint density at radius 3 is 2.00 bits per heavy atom. The first-order valence-corrected chi connectivity index (χ1v) is 8.11. The van der Waals surface area contributed by atoms with Crippen molar-refractivity contribution >= 4 is 17.8 Å². The predicted octanol–water partition coefficient (Wildman–Crippen LogP) is 3.42. The number of β-lactam (4-membered cyclic amide) rings is 1. The summed E-state index contributed by atoms with van der Waals surface area (Å²) in [6.07, 6.45) is -6.08. The highest BCUT2D eigenvalue weighted by molar-refractivity contribution is 6.06. The molecular formula is C16H24F3NO4. The molecule has 8 heteroatoms. The monoisotopic (exact) mass is 351 g/mol. The van der Waals surface area contributed by atoms with Crippen molar-refractivity contribution in [2.24, 2.45) is 10.8 Å². The summed E-state index contributed by atoms with van der Waals surface area (Å²) in [5.74, 6) is -2.74. The molecule has 0 N–H and O–H groups in total. The molecule has 5 nitrogen and oxygen atoms in total. The molecule has 0 aromatic heterocycles. The van der Waals surface area contributed by atoms with Crippen LogP contribution < -0.4 is 0 Å². The number of esters is 1. The fraction of sp³-hybridized carbons (Fsp3) is 0.812. The Kier molecular flexibility index (Phi) is 5.73. The van der Waals surface area contributed by atoms with Crippen LogP contribution in [0, 0.1) is 10.8 Å². The molecule has 0 aliphatic carbocycles. The lowest BCUT2D eigenvalue weighted by Crippen LogP contribution is -2.74. The van der Waals surface area contributed by atoms with E-state index in [1.807, 2.05) is 0 Å². The summed E-state index contributed by atoms with van der Waals surface area (Å²) in [7, 11) is 0. The number of hydrogen-bond acceptors (Lipinski definition) is 4. The molecule has 0 saturated carbocycles. The van der Waals surface area contributed by atoms with Crippen LogP contribution in [0.15, 0.2) is 0 Å². The molecule has 2 atom stereocenters. The van der Waals surface area contributed by atoms with Crippen molar-refractivity contribution in [1.82, 2.24) is 4.90 Å². The second kappa shape index (κ2) is 6.72. The van der Waals surface area contributed by atoms with E-state index in [4.69, 9.17) is 4.74 Å². The van der Waals surface area contributed by atoms with Gasteiger partial charge in [0.1, 0.15) is 10.8 Å². The third kappa shape index (κ3) is 2.80. The molecule has 2 amide bonds. The molecule has 138 valence electrons. The lowest BCUT2D eigenvalue weighted by Gasteiger charge is -2.54. The van der Waals surface area contributed by atoms with Crippen molar-refractivity contribution in [1.29, 1.82) is 0 Å². The minimum Gasteiger partial charge on any atom is -0.440 e. The minimum absolute atomic E-state index is 0.000542. The molecule has 1 aliphatic heterocycles. The van der Waals surface area contributed by atoms with Gasteiger partial charge >= 0.3 is 12.1 Å². The lowest BCUT2D eigenvalue weighted by atomic mass is 9.70. The quantitative estimate of drug-likeness (QED) is 0.543. The maximum absolute atomic E-state index is 13.3. The van der Waals surface area contributed by atoms with E-state index in [1.54, 1.807) is 13.8 Å². The summed E-state index contributed by atoms with van der Waals surface area (Å²) in [4.78, 5) is 37.1. The number of rotatable bonds is 6. The molecule has 1 aliphatic rings. The van der Waals surface area contributed by atoms with Gasteiger partial charge in [0.25, 0.3) is 0 Å². The molecule has 1 rings (SSSR count). The average molecular weight is 351 g/mol. The molecule has 0 spiro atoms. The third-order valence-corrected chi connectivity index (χ3v) is 5.17. The van der Waals surface area contributed by atoms with E-state index in [0.29, 0.717) is 4.90 Å². The number of hydrogen-bond donors (Lipinski definition) is 0. The molecule has 2 unspecified atom stereocenters. The number of carbonyl (C=O) groups is 3. The van der Waals surface area contributed by atoms with E-state index in [9.17, 15) is 27.6 Å². The van der Waals surface area contributed by atoms with Crippen molar-refractivity contribution in [2.75, 3.05) is 0 Å². The Bertz CT molecular complexity index is 528. The van der Waals surface area contributed by atoms with Crippen molar-refractivity contribution in [3.63, 3.8) is 0 Å². The summed E-state index contributed by atoms with van der Waals surface area (Å²) in [6.45, 7) is 6.88. The molecule has 0 aromatic rings. The zero-order valence-electron chi connectivity index (χ0n) is 14.6. The molecule has 1 fully saturated rings. The maximum atomic E-state index is 13.3. The topological polar surface area (TPSA) is 63.7 Å². The Balaban J connectivity index is 3.28. The van der Waals surface area contributed by atoms with Gasteiger partial charge in [0.05, 0.1) is 0 Å². The van der Waals surface area contributed by atoms with Crippen molar-refractivity contribution in [3.05, 3.63) is 0 Å². The van der Waals surface area contributed by atoms with Crippen LogP contribution in [0.1, 0.15) is 60.3 Å². The summed E-state index contributed by atoms with van der Waals surface area (Å²) in [5.41, 5.74) is -3.84. The van der Waals surface area contributed by atoms with Gasteiger partial charge in [-0.25, -0.2) is 4.90 Å². The van der Waals surface area contributed by atoms with Crippen molar-refractivity contribution in [3.8, 4) is 0 Å². The Morgan fingerprint density at radius 1 is 1.17 bits per heavy atom. The van der Waals surface area contributed by atoms with Crippen LogP contribution >= 0.6 is 0 Å².